The van der Waals surface area contributed by atoms with Crippen molar-refractivity contribution in [3.63, 3.8) is 0 Å². The molecule has 0 heterocycles. The Labute approximate surface area is 369 Å². The zero-order valence-electron chi connectivity index (χ0n) is 38.7. The van der Waals surface area contributed by atoms with Crippen LogP contribution < -0.4 is 16.4 Å². The molecule has 5 N–H and O–H groups in total. The van der Waals surface area contributed by atoms with Gasteiger partial charge in [0.25, 0.3) is 0 Å². The minimum atomic E-state index is -1.15. The first-order valence-corrected chi connectivity index (χ1v) is 24.6. The molecule has 0 saturated carbocycles. The van der Waals surface area contributed by atoms with Crippen LogP contribution in [0.25, 0.3) is 0 Å². The smallest absolute Gasteiger partial charge is 0.407 e. The van der Waals surface area contributed by atoms with E-state index in [0.717, 1.165) is 38.5 Å². The molecule has 61 heavy (non-hydrogen) atoms. The molecule has 356 valence electrons. The summed E-state index contributed by atoms with van der Waals surface area (Å²) >= 11 is 0. The Bertz CT molecular complexity index is 1120. The minimum Gasteiger partial charge on any atom is -0.481 e. The Balaban J connectivity index is 4.53. The molecule has 13 heteroatoms. The van der Waals surface area contributed by atoms with Gasteiger partial charge in [0.1, 0.15) is 19.3 Å². The summed E-state index contributed by atoms with van der Waals surface area (Å²) in [6, 6.07) is -1.15. The highest BCUT2D eigenvalue weighted by atomic mass is 16.6. The van der Waals surface area contributed by atoms with Gasteiger partial charge in [0.2, 0.25) is 11.8 Å². The summed E-state index contributed by atoms with van der Waals surface area (Å²) in [5.74, 6) is -3.45. The highest BCUT2D eigenvalue weighted by Crippen LogP contribution is 2.16. The number of hydrogen-bond acceptors (Lipinski definition) is 9. The van der Waals surface area contributed by atoms with E-state index < -0.39 is 48.0 Å². The minimum absolute atomic E-state index is 0.146. The van der Waals surface area contributed by atoms with Crippen molar-refractivity contribution in [3.8, 4) is 0 Å². The van der Waals surface area contributed by atoms with E-state index in [2.05, 4.69) is 24.5 Å². The molecule has 0 rings (SSSR count). The molecule has 2 atom stereocenters. The zero-order valence-corrected chi connectivity index (χ0v) is 38.7. The van der Waals surface area contributed by atoms with Crippen molar-refractivity contribution in [2.45, 2.75) is 251 Å². The molecule has 0 aromatic heterocycles. The van der Waals surface area contributed by atoms with Crippen LogP contribution in [0, 0.1) is 0 Å². The van der Waals surface area contributed by atoms with E-state index in [1.807, 2.05) is 0 Å². The van der Waals surface area contributed by atoms with Crippen LogP contribution in [0.2, 0.25) is 0 Å². The van der Waals surface area contributed by atoms with E-state index in [1.165, 1.54) is 141 Å². The van der Waals surface area contributed by atoms with E-state index >= 15 is 0 Å². The molecule has 0 aliphatic carbocycles. The van der Waals surface area contributed by atoms with Gasteiger partial charge in [-0.15, -0.1) is 0 Å². The van der Waals surface area contributed by atoms with Gasteiger partial charge in [-0.05, 0) is 19.3 Å². The first-order chi connectivity index (χ1) is 29.6. The largest absolute Gasteiger partial charge is 0.481 e. The van der Waals surface area contributed by atoms with Crippen LogP contribution in [0.1, 0.15) is 239 Å². The second-order valence-electron chi connectivity index (χ2n) is 16.9. The van der Waals surface area contributed by atoms with Crippen LogP contribution in [0.15, 0.2) is 0 Å². The summed E-state index contributed by atoms with van der Waals surface area (Å²) in [5.41, 5.74) is 5.25. The maximum atomic E-state index is 12.7. The van der Waals surface area contributed by atoms with Gasteiger partial charge in [-0.2, -0.15) is 0 Å². The molecule has 0 radical (unpaired) electrons. The molecule has 0 aliphatic rings. The zero-order chi connectivity index (χ0) is 45.0. The second kappa shape index (κ2) is 43.3. The number of alkyl carbamates (subject to hydrolysis) is 1. The van der Waals surface area contributed by atoms with Crippen molar-refractivity contribution >= 4 is 35.8 Å². The predicted molar refractivity (Wildman–Crippen MR) is 242 cm³/mol. The normalized spacial score (nSPS) is 12.0. The van der Waals surface area contributed by atoms with Gasteiger partial charge < -0.3 is 35.7 Å². The van der Waals surface area contributed by atoms with Crippen molar-refractivity contribution in [3.05, 3.63) is 0 Å². The van der Waals surface area contributed by atoms with Gasteiger partial charge in [-0.3, -0.25) is 24.0 Å². The highest BCUT2D eigenvalue weighted by Gasteiger charge is 2.21. The third-order valence-electron chi connectivity index (χ3n) is 11.0. The fourth-order valence-electron chi connectivity index (χ4n) is 7.22. The van der Waals surface area contributed by atoms with Gasteiger partial charge in [-0.1, -0.05) is 194 Å². The average Bonchev–Trinajstić information content (AvgIpc) is 3.23. The second-order valence-corrected chi connectivity index (χ2v) is 16.9. The summed E-state index contributed by atoms with van der Waals surface area (Å²) in [7, 11) is 0. The van der Waals surface area contributed by atoms with E-state index in [4.69, 9.17) is 25.1 Å². The van der Waals surface area contributed by atoms with Crippen LogP contribution in [0.4, 0.5) is 4.79 Å². The van der Waals surface area contributed by atoms with E-state index in [9.17, 15) is 28.8 Å². The van der Waals surface area contributed by atoms with E-state index in [1.54, 1.807) is 0 Å². The molecule has 0 aliphatic heterocycles. The Morgan fingerprint density at radius 2 is 0.869 bits per heavy atom. The van der Waals surface area contributed by atoms with Gasteiger partial charge in [0.05, 0.1) is 0 Å². The monoisotopic (exact) mass is 868 g/mol. The summed E-state index contributed by atoms with van der Waals surface area (Å²) in [6.45, 7) is 3.75. The van der Waals surface area contributed by atoms with Crippen molar-refractivity contribution in [2.75, 3.05) is 19.8 Å². The molecule has 13 nitrogen and oxygen atoms in total. The molecule has 0 saturated heterocycles. The standard InChI is InChI=1S/C48H89N3O10/c1-3-5-7-9-11-13-15-17-19-21-23-25-27-29-31-33-45(55)59-39-41(40-60-48(58)50-38-37-43(52)51-42(47(49)57)35-36-44(53)54)61-46(56)34-32-30-28-26-24-22-20-18-16-14-12-10-8-6-4-2/h41-42H,3-40H2,1-2H3,(H2,49,57)(H,50,58)(H,51,52)(H,53,54). The fraction of sp³-hybridized carbons (Fsp3) is 0.875. The third kappa shape index (κ3) is 41.7. The molecule has 0 aromatic carbocycles. The maximum absolute atomic E-state index is 12.7. The molecular weight excluding hydrogens is 779 g/mol. The fourth-order valence-corrected chi connectivity index (χ4v) is 7.22. The Morgan fingerprint density at radius 3 is 1.26 bits per heavy atom. The molecule has 0 spiro atoms. The summed E-state index contributed by atoms with van der Waals surface area (Å²) in [4.78, 5) is 72.3. The number of aliphatic carboxylic acids is 1. The van der Waals surface area contributed by atoms with Crippen LogP contribution in [-0.2, 0) is 38.2 Å². The van der Waals surface area contributed by atoms with Crippen molar-refractivity contribution in [1.29, 1.82) is 0 Å². The van der Waals surface area contributed by atoms with Gasteiger partial charge >= 0.3 is 24.0 Å². The molecule has 0 bridgehead atoms. The van der Waals surface area contributed by atoms with E-state index in [-0.39, 0.29) is 51.9 Å². The Kier molecular flexibility index (Phi) is 40.9. The number of nitrogens with two attached hydrogens (primary N) is 1. The van der Waals surface area contributed by atoms with Crippen LogP contribution in [0.3, 0.4) is 0 Å². The number of carbonyl (C=O) groups excluding carboxylic acids is 5. The quantitative estimate of drug-likeness (QED) is 0.0259. The number of esters is 2. The Morgan fingerprint density at radius 1 is 0.492 bits per heavy atom. The molecule has 0 aromatic rings. The average molecular weight is 868 g/mol. The maximum Gasteiger partial charge on any atom is 0.407 e. The SMILES string of the molecule is CCCCCCCCCCCCCCCCCC(=O)OCC(COC(=O)NCCC(=O)NC(CCC(=O)O)C(N)=O)OC(=O)CCCCCCCCCCCCCCCCC. The number of carbonyl (C=O) groups is 6. The topological polar surface area (TPSA) is 200 Å². The van der Waals surface area contributed by atoms with Crippen molar-refractivity contribution < 1.29 is 48.1 Å². The molecular formula is C48H89N3O10. The first-order valence-electron chi connectivity index (χ1n) is 24.6. The van der Waals surface area contributed by atoms with Gasteiger partial charge in [-0.25, -0.2) is 4.79 Å². The number of primary amides is 1. The van der Waals surface area contributed by atoms with Gasteiger partial charge in [0, 0.05) is 32.2 Å². The number of unbranched alkanes of at least 4 members (excludes halogenated alkanes) is 28. The van der Waals surface area contributed by atoms with Crippen LogP contribution in [-0.4, -0.2) is 72.8 Å². The van der Waals surface area contributed by atoms with Gasteiger partial charge in [0.15, 0.2) is 6.10 Å². The summed E-state index contributed by atoms with van der Waals surface area (Å²) in [6.07, 6.45) is 34.6. The highest BCUT2D eigenvalue weighted by molar-refractivity contribution is 5.87. The summed E-state index contributed by atoms with van der Waals surface area (Å²) < 4.78 is 16.3. The van der Waals surface area contributed by atoms with E-state index in [0.29, 0.717) is 12.8 Å². The van der Waals surface area contributed by atoms with Crippen molar-refractivity contribution in [2.24, 2.45) is 5.73 Å². The number of carboxylic acids is 1. The number of ether oxygens (including phenoxy) is 3. The lowest BCUT2D eigenvalue weighted by Gasteiger charge is -2.18. The molecule has 0 fully saturated rings. The lowest BCUT2D eigenvalue weighted by atomic mass is 10.0. The molecule has 2 unspecified atom stereocenters. The first kappa shape index (κ1) is 57.6. The number of amides is 3. The molecule has 3 amide bonds. The Hall–Kier alpha value is -3.38. The van der Waals surface area contributed by atoms with Crippen LogP contribution in [0.5, 0.6) is 0 Å². The third-order valence-corrected chi connectivity index (χ3v) is 11.0. The number of hydrogen-bond donors (Lipinski definition) is 4. The number of carboxylic acid groups (broad SMARTS) is 1. The predicted octanol–water partition coefficient (Wildman–Crippen LogP) is 10.9. The number of nitrogens with one attached hydrogen (secondary N) is 2. The lowest BCUT2D eigenvalue weighted by molar-refractivity contribution is -0.161. The van der Waals surface area contributed by atoms with Crippen molar-refractivity contribution in [1.82, 2.24) is 10.6 Å². The summed E-state index contributed by atoms with van der Waals surface area (Å²) in [5, 5.41) is 13.6. The number of rotatable bonds is 45. The van der Waals surface area contributed by atoms with Crippen LogP contribution >= 0.6 is 0 Å². The lowest BCUT2D eigenvalue weighted by Crippen LogP contribution is -2.45.